The maximum Gasteiger partial charge on any atom is 0.230 e. The van der Waals surface area contributed by atoms with Gasteiger partial charge in [-0.05, 0) is 35.6 Å². The minimum atomic E-state index is -0.0393. The van der Waals surface area contributed by atoms with Crippen LogP contribution < -0.4 is 10.1 Å². The zero-order chi connectivity index (χ0) is 22.4. The fourth-order valence-corrected chi connectivity index (χ4v) is 3.97. The molecular weight excluding hydrogens is 408 g/mol. The van der Waals surface area contributed by atoms with Crippen molar-refractivity contribution in [1.82, 2.24) is 20.1 Å². The van der Waals surface area contributed by atoms with Crippen molar-refractivity contribution in [3.8, 4) is 17.1 Å². The lowest BCUT2D eigenvalue weighted by Crippen LogP contribution is -2.24. The molecule has 0 unspecified atom stereocenters. The molecule has 3 aromatic rings. The molecule has 1 heterocycles. The van der Waals surface area contributed by atoms with Crippen LogP contribution in [0.25, 0.3) is 11.4 Å². The lowest BCUT2D eigenvalue weighted by atomic mass is 9.87. The zero-order valence-electron chi connectivity index (χ0n) is 18.8. The van der Waals surface area contributed by atoms with Gasteiger partial charge in [-0.1, -0.05) is 68.9 Å². The van der Waals surface area contributed by atoms with E-state index < -0.39 is 0 Å². The first kappa shape index (κ1) is 22.9. The van der Waals surface area contributed by atoms with Gasteiger partial charge in [-0.15, -0.1) is 10.2 Å². The van der Waals surface area contributed by atoms with Crippen LogP contribution >= 0.6 is 11.8 Å². The van der Waals surface area contributed by atoms with Crippen LogP contribution in [0.3, 0.4) is 0 Å². The van der Waals surface area contributed by atoms with Gasteiger partial charge in [0, 0.05) is 18.7 Å². The molecule has 0 aliphatic heterocycles. The highest BCUT2D eigenvalue weighted by Gasteiger charge is 2.17. The highest BCUT2D eigenvalue weighted by molar-refractivity contribution is 7.99. The summed E-state index contributed by atoms with van der Waals surface area (Å²) < 4.78 is 7.20. The molecule has 0 saturated heterocycles. The van der Waals surface area contributed by atoms with Crippen LogP contribution in [0.5, 0.6) is 5.75 Å². The van der Waals surface area contributed by atoms with Crippen molar-refractivity contribution in [2.75, 3.05) is 12.9 Å². The second-order valence-electron chi connectivity index (χ2n) is 8.29. The van der Waals surface area contributed by atoms with Gasteiger partial charge in [-0.2, -0.15) is 0 Å². The molecule has 1 N–H and O–H groups in total. The van der Waals surface area contributed by atoms with Crippen LogP contribution in [-0.4, -0.2) is 33.5 Å². The van der Waals surface area contributed by atoms with Crippen LogP contribution in [0.15, 0.2) is 53.7 Å². The lowest BCUT2D eigenvalue weighted by Gasteiger charge is -2.19. The summed E-state index contributed by atoms with van der Waals surface area (Å²) >= 11 is 1.40. The molecule has 7 heteroatoms. The summed E-state index contributed by atoms with van der Waals surface area (Å²) in [5.74, 6) is 1.87. The number of amides is 1. The molecule has 0 atom stereocenters. The van der Waals surface area contributed by atoms with E-state index in [2.05, 4.69) is 67.5 Å². The second kappa shape index (κ2) is 10.0. The number of aromatic nitrogens is 3. The summed E-state index contributed by atoms with van der Waals surface area (Å²) in [5.41, 5.74) is 3.44. The Hall–Kier alpha value is -2.80. The molecule has 1 aromatic heterocycles. The number of ether oxygens (including phenoxy) is 1. The Morgan fingerprint density at radius 1 is 1.06 bits per heavy atom. The fraction of sp³-hybridized carbons (Fsp3) is 0.375. The summed E-state index contributed by atoms with van der Waals surface area (Å²) in [6.45, 7) is 9.87. The first-order valence-corrected chi connectivity index (χ1v) is 11.4. The van der Waals surface area contributed by atoms with E-state index in [1.165, 1.54) is 17.3 Å². The number of nitrogens with one attached hydrogen (secondary N) is 1. The average Bonchev–Trinajstić information content (AvgIpc) is 3.19. The highest BCUT2D eigenvalue weighted by atomic mass is 32.2. The van der Waals surface area contributed by atoms with E-state index in [9.17, 15) is 4.79 Å². The Bertz CT molecular complexity index is 1010. The fourth-order valence-electron chi connectivity index (χ4n) is 3.14. The van der Waals surface area contributed by atoms with Gasteiger partial charge in [-0.3, -0.25) is 4.79 Å². The van der Waals surface area contributed by atoms with Crippen molar-refractivity contribution < 1.29 is 9.53 Å². The van der Waals surface area contributed by atoms with Gasteiger partial charge in [0.05, 0.1) is 12.9 Å². The largest absolute Gasteiger partial charge is 0.497 e. The Labute approximate surface area is 188 Å². The number of methoxy groups -OCH3 is 1. The SMILES string of the molecule is CCn1c(SCC(=O)NCc2ccc(OC)cc2)nnc1-c1ccc(C(C)(C)C)cc1. The number of thioether (sulfide) groups is 1. The number of hydrogen-bond donors (Lipinski definition) is 1. The third kappa shape index (κ3) is 5.88. The predicted molar refractivity (Wildman–Crippen MR) is 125 cm³/mol. The third-order valence-corrected chi connectivity index (χ3v) is 5.99. The minimum absolute atomic E-state index is 0.0393. The molecule has 0 aliphatic carbocycles. The molecule has 0 saturated carbocycles. The first-order valence-electron chi connectivity index (χ1n) is 10.4. The summed E-state index contributed by atoms with van der Waals surface area (Å²) in [4.78, 5) is 12.3. The summed E-state index contributed by atoms with van der Waals surface area (Å²) in [7, 11) is 1.63. The van der Waals surface area contributed by atoms with Gasteiger partial charge in [0.2, 0.25) is 5.91 Å². The summed E-state index contributed by atoms with van der Waals surface area (Å²) in [6.07, 6.45) is 0. The van der Waals surface area contributed by atoms with Gasteiger partial charge >= 0.3 is 0 Å². The van der Waals surface area contributed by atoms with Crippen molar-refractivity contribution in [3.63, 3.8) is 0 Å². The molecule has 31 heavy (non-hydrogen) atoms. The topological polar surface area (TPSA) is 69.0 Å². The molecule has 1 amide bonds. The average molecular weight is 439 g/mol. The molecule has 0 spiro atoms. The van der Waals surface area contributed by atoms with E-state index in [1.807, 2.05) is 28.8 Å². The van der Waals surface area contributed by atoms with Gasteiger partial charge in [-0.25, -0.2) is 0 Å². The number of carbonyl (C=O) groups excluding carboxylic acids is 1. The van der Waals surface area contributed by atoms with E-state index >= 15 is 0 Å². The van der Waals surface area contributed by atoms with Gasteiger partial charge in [0.25, 0.3) is 0 Å². The van der Waals surface area contributed by atoms with Crippen molar-refractivity contribution in [3.05, 3.63) is 59.7 Å². The van der Waals surface area contributed by atoms with Gasteiger partial charge in [0.1, 0.15) is 5.75 Å². The number of rotatable bonds is 8. The van der Waals surface area contributed by atoms with Crippen molar-refractivity contribution in [2.24, 2.45) is 0 Å². The predicted octanol–water partition coefficient (Wildman–Crippen LogP) is 4.68. The van der Waals surface area contributed by atoms with E-state index in [1.54, 1.807) is 7.11 Å². The Balaban J connectivity index is 1.60. The smallest absolute Gasteiger partial charge is 0.230 e. The van der Waals surface area contributed by atoms with Crippen LogP contribution in [0.1, 0.15) is 38.8 Å². The molecule has 6 nitrogen and oxygen atoms in total. The first-order chi connectivity index (χ1) is 14.8. The van der Waals surface area contributed by atoms with Gasteiger partial charge < -0.3 is 14.6 Å². The molecule has 3 rings (SSSR count). The maximum atomic E-state index is 12.3. The van der Waals surface area contributed by atoms with Gasteiger partial charge in [0.15, 0.2) is 11.0 Å². The molecule has 164 valence electrons. The number of carbonyl (C=O) groups is 1. The van der Waals surface area contributed by atoms with Crippen LogP contribution in [-0.2, 0) is 23.3 Å². The highest BCUT2D eigenvalue weighted by Crippen LogP contribution is 2.27. The van der Waals surface area contributed by atoms with E-state index in [0.717, 1.165) is 34.4 Å². The van der Waals surface area contributed by atoms with E-state index in [4.69, 9.17) is 4.74 Å². The minimum Gasteiger partial charge on any atom is -0.497 e. The molecule has 0 aliphatic rings. The van der Waals surface area contributed by atoms with Crippen LogP contribution in [0, 0.1) is 0 Å². The molecule has 0 bridgehead atoms. The second-order valence-corrected chi connectivity index (χ2v) is 9.23. The Kier molecular flexibility index (Phi) is 7.38. The van der Waals surface area contributed by atoms with Crippen molar-refractivity contribution in [2.45, 2.75) is 51.4 Å². The normalized spacial score (nSPS) is 11.4. The standard InChI is InChI=1S/C24H30N4O2S/c1-6-28-22(18-9-11-19(12-10-18)24(2,3)4)26-27-23(28)31-16-21(29)25-15-17-7-13-20(30-5)14-8-17/h7-14H,6,15-16H2,1-5H3,(H,25,29). The number of benzene rings is 2. The van der Waals surface area contributed by atoms with Crippen molar-refractivity contribution in [1.29, 1.82) is 0 Å². The molecule has 2 aromatic carbocycles. The van der Waals surface area contributed by atoms with E-state index in [0.29, 0.717) is 6.54 Å². The van der Waals surface area contributed by atoms with Crippen molar-refractivity contribution >= 4 is 17.7 Å². The molecule has 0 radical (unpaired) electrons. The zero-order valence-corrected chi connectivity index (χ0v) is 19.6. The van der Waals surface area contributed by atoms with E-state index in [-0.39, 0.29) is 17.1 Å². The lowest BCUT2D eigenvalue weighted by molar-refractivity contribution is -0.118. The quantitative estimate of drug-likeness (QED) is 0.517. The third-order valence-electron chi connectivity index (χ3n) is 5.02. The summed E-state index contributed by atoms with van der Waals surface area (Å²) in [5, 5.41) is 12.4. The monoisotopic (exact) mass is 438 g/mol. The molecular formula is C24H30N4O2S. The Morgan fingerprint density at radius 2 is 1.74 bits per heavy atom. The number of nitrogens with zero attached hydrogens (tertiary/aromatic N) is 3. The summed E-state index contributed by atoms with van der Waals surface area (Å²) in [6, 6.07) is 16.1. The van der Waals surface area contributed by atoms with Crippen LogP contribution in [0.2, 0.25) is 0 Å². The number of hydrogen-bond acceptors (Lipinski definition) is 5. The van der Waals surface area contributed by atoms with Crippen LogP contribution in [0.4, 0.5) is 0 Å². The molecule has 0 fully saturated rings. The maximum absolute atomic E-state index is 12.3. The Morgan fingerprint density at radius 3 is 2.32 bits per heavy atom.